The highest BCUT2D eigenvalue weighted by atomic mass is 16.2. The topological polar surface area (TPSA) is 94.9 Å². The molecule has 2 fully saturated rings. The summed E-state index contributed by atoms with van der Waals surface area (Å²) in [5.41, 5.74) is 10.4. The van der Waals surface area contributed by atoms with Gasteiger partial charge in [0, 0.05) is 34.5 Å². The van der Waals surface area contributed by atoms with Crippen LogP contribution < -0.4 is 5.32 Å². The van der Waals surface area contributed by atoms with E-state index in [-0.39, 0.29) is 23.5 Å². The third-order valence-corrected chi connectivity index (χ3v) is 3.76. The molecule has 6 nitrogen and oxygen atoms in total. The largest absolute Gasteiger partial charge is 0.326 e. The molecule has 21 heavy (non-hydrogen) atoms. The van der Waals surface area contributed by atoms with E-state index in [1.54, 1.807) is 18.2 Å². The molecule has 0 spiro atoms. The van der Waals surface area contributed by atoms with Crippen LogP contribution in [0, 0.1) is 11.8 Å². The third kappa shape index (κ3) is 3.61. The number of rotatable bonds is 6. The fourth-order valence-electron chi connectivity index (χ4n) is 2.30. The van der Waals surface area contributed by atoms with Gasteiger partial charge in [0.15, 0.2) is 0 Å². The van der Waals surface area contributed by atoms with Crippen LogP contribution in [-0.4, -0.2) is 11.7 Å². The Morgan fingerprint density at radius 1 is 1.19 bits per heavy atom. The Morgan fingerprint density at radius 2 is 1.90 bits per heavy atom. The normalized spacial score (nSPS) is 17.0. The number of ketones is 1. The van der Waals surface area contributed by atoms with E-state index in [9.17, 15) is 9.59 Å². The van der Waals surface area contributed by atoms with Crippen LogP contribution in [0.15, 0.2) is 23.3 Å². The zero-order valence-corrected chi connectivity index (χ0v) is 11.6. The maximum absolute atomic E-state index is 11.9. The molecule has 2 aliphatic carbocycles. The average Bonchev–Trinajstić information content (AvgIpc) is 3.29. The van der Waals surface area contributed by atoms with Crippen LogP contribution in [0.4, 0.5) is 11.4 Å². The molecule has 0 atom stereocenters. The van der Waals surface area contributed by atoms with Crippen LogP contribution in [0.1, 0.15) is 31.2 Å². The van der Waals surface area contributed by atoms with Crippen molar-refractivity contribution in [3.05, 3.63) is 34.2 Å². The van der Waals surface area contributed by atoms with Crippen LogP contribution >= 0.6 is 0 Å². The molecule has 0 aromatic heterocycles. The first-order valence-corrected chi connectivity index (χ1v) is 7.18. The molecule has 6 heteroatoms. The molecule has 0 aliphatic heterocycles. The summed E-state index contributed by atoms with van der Waals surface area (Å²) in [6.45, 7) is 0. The van der Waals surface area contributed by atoms with E-state index in [0.29, 0.717) is 17.8 Å². The maximum atomic E-state index is 11.9. The summed E-state index contributed by atoms with van der Waals surface area (Å²) in [5, 5.41) is 6.41. The Hall–Kier alpha value is -2.33. The van der Waals surface area contributed by atoms with Gasteiger partial charge in [0.25, 0.3) is 0 Å². The number of carbonyl (C=O) groups is 2. The van der Waals surface area contributed by atoms with Crippen molar-refractivity contribution in [2.24, 2.45) is 17.0 Å². The summed E-state index contributed by atoms with van der Waals surface area (Å²) in [7, 11) is 0. The zero-order chi connectivity index (χ0) is 14.8. The fraction of sp³-hybridized carbons (Fsp3) is 0.467. The van der Waals surface area contributed by atoms with Gasteiger partial charge >= 0.3 is 0 Å². The molecule has 3 rings (SSSR count). The Kier molecular flexibility index (Phi) is 3.62. The second-order valence-corrected chi connectivity index (χ2v) is 5.76. The molecule has 1 aromatic carbocycles. The number of azide groups is 1. The molecule has 0 bridgehead atoms. The summed E-state index contributed by atoms with van der Waals surface area (Å²) in [4.78, 5) is 26.5. The summed E-state index contributed by atoms with van der Waals surface area (Å²) in [6.07, 6.45) is 4.12. The molecular weight excluding hydrogens is 268 g/mol. The molecular formula is C15H16N4O2. The fourth-order valence-corrected chi connectivity index (χ4v) is 2.30. The number of anilines is 1. The lowest BCUT2D eigenvalue weighted by atomic mass is 10.0. The first kappa shape index (κ1) is 13.6. The minimum atomic E-state index is -0.00689. The van der Waals surface area contributed by atoms with Crippen LogP contribution in [0.5, 0.6) is 0 Å². The highest BCUT2D eigenvalue weighted by molar-refractivity contribution is 5.94. The number of Topliss-reactive ketones (excluding diaryl/α,β-unsaturated/α-hetero) is 1. The lowest BCUT2D eigenvalue weighted by Crippen LogP contribution is -2.13. The highest BCUT2D eigenvalue weighted by Crippen LogP contribution is 2.33. The van der Waals surface area contributed by atoms with Crippen molar-refractivity contribution in [2.75, 3.05) is 5.32 Å². The van der Waals surface area contributed by atoms with Gasteiger partial charge in [-0.05, 0) is 55.0 Å². The Labute approximate surface area is 122 Å². The molecule has 1 amide bonds. The van der Waals surface area contributed by atoms with E-state index < -0.39 is 0 Å². The van der Waals surface area contributed by atoms with Gasteiger partial charge in [-0.15, -0.1) is 0 Å². The van der Waals surface area contributed by atoms with Crippen LogP contribution in [0.3, 0.4) is 0 Å². The van der Waals surface area contributed by atoms with E-state index in [1.165, 1.54) is 0 Å². The van der Waals surface area contributed by atoms with Gasteiger partial charge < -0.3 is 5.32 Å². The monoisotopic (exact) mass is 284 g/mol. The van der Waals surface area contributed by atoms with Crippen LogP contribution in [0.25, 0.3) is 10.4 Å². The van der Waals surface area contributed by atoms with Gasteiger partial charge in [0.05, 0.1) is 0 Å². The van der Waals surface area contributed by atoms with Crippen molar-refractivity contribution in [2.45, 2.75) is 32.1 Å². The van der Waals surface area contributed by atoms with Gasteiger partial charge in [-0.3, -0.25) is 9.59 Å². The molecule has 2 saturated carbocycles. The van der Waals surface area contributed by atoms with E-state index in [2.05, 4.69) is 15.3 Å². The molecule has 0 radical (unpaired) electrons. The molecule has 1 aromatic rings. The number of benzene rings is 1. The molecule has 0 unspecified atom stereocenters. The minimum absolute atomic E-state index is 0.00689. The number of carbonyl (C=O) groups excluding carboxylic acids is 2. The summed E-state index contributed by atoms with van der Waals surface area (Å²) in [5.74, 6) is 0.502. The Morgan fingerprint density at radius 3 is 2.52 bits per heavy atom. The maximum Gasteiger partial charge on any atom is 0.227 e. The number of amides is 1. The summed E-state index contributed by atoms with van der Waals surface area (Å²) < 4.78 is 0. The molecule has 108 valence electrons. The Balaban J connectivity index is 1.79. The number of hydrogen-bond donors (Lipinski definition) is 1. The lowest BCUT2D eigenvalue weighted by molar-refractivity contribution is -0.119. The lowest BCUT2D eigenvalue weighted by Gasteiger charge is -2.08. The summed E-state index contributed by atoms with van der Waals surface area (Å²) >= 11 is 0. The van der Waals surface area contributed by atoms with Crippen molar-refractivity contribution in [3.63, 3.8) is 0 Å². The van der Waals surface area contributed by atoms with E-state index in [1.807, 2.05) is 0 Å². The SMILES string of the molecule is [N-]=[N+]=Nc1cc(CC(=O)C2CC2)cc(NC(=O)C2CC2)c1. The second-order valence-electron chi connectivity index (χ2n) is 5.76. The Bertz CT molecular complexity index is 597. The molecule has 0 saturated heterocycles. The highest BCUT2D eigenvalue weighted by Gasteiger charge is 2.30. The molecule has 2 aliphatic rings. The number of nitrogens with one attached hydrogen (secondary N) is 1. The predicted molar refractivity (Wildman–Crippen MR) is 78.0 cm³/mol. The second kappa shape index (κ2) is 5.58. The van der Waals surface area contributed by atoms with Crippen molar-refractivity contribution in [1.82, 2.24) is 0 Å². The first-order valence-electron chi connectivity index (χ1n) is 7.18. The van der Waals surface area contributed by atoms with E-state index >= 15 is 0 Å². The zero-order valence-electron chi connectivity index (χ0n) is 11.6. The van der Waals surface area contributed by atoms with Gasteiger partial charge in [-0.2, -0.15) is 0 Å². The van der Waals surface area contributed by atoms with Gasteiger partial charge in [-0.25, -0.2) is 0 Å². The molecule has 1 N–H and O–H groups in total. The standard InChI is InChI=1S/C15H16N4O2/c16-19-18-13-6-9(7-14(20)10-1-2-10)5-12(8-13)17-15(21)11-3-4-11/h5-6,8,10-11H,1-4,7H2,(H,17,21). The summed E-state index contributed by atoms with van der Waals surface area (Å²) in [6, 6.07) is 5.12. The van der Waals surface area contributed by atoms with Crippen molar-refractivity contribution in [3.8, 4) is 0 Å². The first-order chi connectivity index (χ1) is 10.2. The van der Waals surface area contributed by atoms with Crippen molar-refractivity contribution in [1.29, 1.82) is 0 Å². The van der Waals surface area contributed by atoms with Crippen LogP contribution in [0.2, 0.25) is 0 Å². The van der Waals surface area contributed by atoms with Crippen molar-refractivity contribution < 1.29 is 9.59 Å². The number of hydrogen-bond acceptors (Lipinski definition) is 3. The minimum Gasteiger partial charge on any atom is -0.326 e. The predicted octanol–water partition coefficient (Wildman–Crippen LogP) is 3.50. The van der Waals surface area contributed by atoms with E-state index in [0.717, 1.165) is 31.2 Å². The average molecular weight is 284 g/mol. The smallest absolute Gasteiger partial charge is 0.227 e. The van der Waals surface area contributed by atoms with Gasteiger partial charge in [-0.1, -0.05) is 5.11 Å². The van der Waals surface area contributed by atoms with Crippen molar-refractivity contribution >= 4 is 23.1 Å². The van der Waals surface area contributed by atoms with Gasteiger partial charge in [0.1, 0.15) is 5.78 Å². The van der Waals surface area contributed by atoms with Crippen LogP contribution in [-0.2, 0) is 16.0 Å². The number of nitrogens with zero attached hydrogens (tertiary/aromatic N) is 3. The van der Waals surface area contributed by atoms with Gasteiger partial charge in [0.2, 0.25) is 5.91 Å². The third-order valence-electron chi connectivity index (χ3n) is 3.76. The van der Waals surface area contributed by atoms with E-state index in [4.69, 9.17) is 5.53 Å². The molecule has 0 heterocycles. The quantitative estimate of drug-likeness (QED) is 0.491.